The van der Waals surface area contributed by atoms with Gasteiger partial charge < -0.3 is 0 Å². The number of halogens is 2. The summed E-state index contributed by atoms with van der Waals surface area (Å²) in [6.07, 6.45) is -0.470. The molecule has 0 bridgehead atoms. The van der Waals surface area contributed by atoms with E-state index in [2.05, 4.69) is 6.58 Å². The van der Waals surface area contributed by atoms with Crippen molar-refractivity contribution >= 4 is 0 Å². The van der Waals surface area contributed by atoms with Crippen LogP contribution in [-0.4, -0.2) is 0 Å². The van der Waals surface area contributed by atoms with Crippen LogP contribution in [0.5, 0.6) is 0 Å². The van der Waals surface area contributed by atoms with Gasteiger partial charge in [0.15, 0.2) is 0 Å². The minimum Gasteiger partial charge on any atom is -0.173 e. The van der Waals surface area contributed by atoms with Crippen LogP contribution < -0.4 is 0 Å². The Morgan fingerprint density at radius 2 is 1.70 bits per heavy atom. The summed E-state index contributed by atoms with van der Waals surface area (Å²) in [6, 6.07) is 0. The molecule has 0 atom stereocenters. The van der Waals surface area contributed by atoms with Gasteiger partial charge in [-0.15, -0.1) is 6.58 Å². The minimum atomic E-state index is -1.55. The predicted molar refractivity (Wildman–Crippen MR) is 39.0 cm³/mol. The fourth-order valence-electron chi connectivity index (χ4n) is 0.495. The summed E-state index contributed by atoms with van der Waals surface area (Å²) in [5.74, 6) is 0. The lowest BCUT2D eigenvalue weighted by molar-refractivity contribution is 0.408. The molecule has 0 radical (unpaired) electrons. The molecule has 0 aliphatic rings. The Kier molecular flexibility index (Phi) is 3.93. The minimum absolute atomic E-state index is 0.169. The highest BCUT2D eigenvalue weighted by molar-refractivity contribution is 5.02. The highest BCUT2D eigenvalue weighted by Crippen LogP contribution is 2.14. The van der Waals surface area contributed by atoms with Crippen molar-refractivity contribution in [2.45, 2.75) is 26.7 Å². The molecule has 0 amide bonds. The Morgan fingerprint density at radius 3 is 2.00 bits per heavy atom. The van der Waals surface area contributed by atoms with Crippen molar-refractivity contribution < 1.29 is 8.78 Å². The Morgan fingerprint density at radius 1 is 1.20 bits per heavy atom. The third kappa shape index (κ3) is 4.24. The first kappa shape index (κ1) is 9.34. The smallest absolute Gasteiger partial charge is 0.173 e. The van der Waals surface area contributed by atoms with Gasteiger partial charge in [0.25, 0.3) is 6.08 Å². The van der Waals surface area contributed by atoms with Crippen molar-refractivity contribution in [2.24, 2.45) is 0 Å². The molecule has 0 heterocycles. The van der Waals surface area contributed by atoms with E-state index in [4.69, 9.17) is 0 Å². The van der Waals surface area contributed by atoms with Crippen LogP contribution in [0.2, 0.25) is 0 Å². The van der Waals surface area contributed by atoms with E-state index in [1.54, 1.807) is 0 Å². The van der Waals surface area contributed by atoms with Crippen LogP contribution in [0, 0.1) is 0 Å². The van der Waals surface area contributed by atoms with Gasteiger partial charge in [-0.2, -0.15) is 8.78 Å². The van der Waals surface area contributed by atoms with Gasteiger partial charge in [-0.1, -0.05) is 5.57 Å². The molecular weight excluding hydrogens is 134 g/mol. The quantitative estimate of drug-likeness (QED) is 0.534. The van der Waals surface area contributed by atoms with Gasteiger partial charge in [0, 0.05) is 0 Å². The molecule has 2 heteroatoms. The third-order valence-electron chi connectivity index (χ3n) is 1.25. The largest absolute Gasteiger partial charge is 0.269 e. The van der Waals surface area contributed by atoms with Crippen molar-refractivity contribution in [3.8, 4) is 0 Å². The molecule has 0 aliphatic heterocycles. The summed E-state index contributed by atoms with van der Waals surface area (Å²) < 4.78 is 23.5. The molecule has 58 valence electrons. The summed E-state index contributed by atoms with van der Waals surface area (Å²) in [5, 5.41) is 0. The molecular formula is C8H12F2. The molecule has 0 rings (SSSR count). The zero-order valence-corrected chi connectivity index (χ0v) is 6.38. The van der Waals surface area contributed by atoms with Crippen LogP contribution in [0.15, 0.2) is 23.8 Å². The van der Waals surface area contributed by atoms with Gasteiger partial charge in [-0.05, 0) is 32.3 Å². The van der Waals surface area contributed by atoms with Crippen molar-refractivity contribution in [3.63, 3.8) is 0 Å². The molecule has 0 nitrogen and oxygen atoms in total. The maximum atomic E-state index is 11.7. The van der Waals surface area contributed by atoms with E-state index >= 15 is 0 Å². The normalized spacial score (nSPS) is 9.20. The van der Waals surface area contributed by atoms with Crippen LogP contribution in [0.4, 0.5) is 8.78 Å². The first-order chi connectivity index (χ1) is 4.54. The molecule has 0 aromatic rings. The maximum absolute atomic E-state index is 11.7. The fourth-order valence-corrected chi connectivity index (χ4v) is 0.495. The fraction of sp³-hybridized carbons (Fsp3) is 0.500. The molecule has 0 spiro atoms. The zero-order chi connectivity index (χ0) is 8.15. The molecule has 0 N–H and O–H groups in total. The molecule has 0 aromatic heterocycles. The summed E-state index contributed by atoms with van der Waals surface area (Å²) in [5.41, 5.74) is 1.11. The zero-order valence-electron chi connectivity index (χ0n) is 6.38. The molecule has 0 saturated heterocycles. The van der Waals surface area contributed by atoms with E-state index in [-0.39, 0.29) is 5.57 Å². The number of rotatable bonds is 3. The van der Waals surface area contributed by atoms with Crippen molar-refractivity contribution in [3.05, 3.63) is 23.8 Å². The average molecular weight is 146 g/mol. The second kappa shape index (κ2) is 4.20. The molecule has 0 unspecified atom stereocenters. The second-order valence-corrected chi connectivity index (χ2v) is 2.50. The summed E-state index contributed by atoms with van der Waals surface area (Å²) in [6.45, 7) is 6.90. The molecule has 0 aliphatic carbocycles. The Bertz CT molecular complexity index is 153. The predicted octanol–water partition coefficient (Wildman–Crippen LogP) is 3.51. The highest BCUT2D eigenvalue weighted by Gasteiger charge is 1.98. The lowest BCUT2D eigenvalue weighted by Gasteiger charge is -1.97. The third-order valence-corrected chi connectivity index (χ3v) is 1.25. The topological polar surface area (TPSA) is 0 Å². The van der Waals surface area contributed by atoms with Crippen LogP contribution in [-0.2, 0) is 0 Å². The molecule has 0 saturated carbocycles. The first-order valence-corrected chi connectivity index (χ1v) is 3.19. The summed E-state index contributed by atoms with van der Waals surface area (Å²) in [4.78, 5) is 0. The Hall–Kier alpha value is -0.660. The lowest BCUT2D eigenvalue weighted by atomic mass is 10.1. The standard InChI is InChI=1S/C8H12F2/c1-6(2)4-5-7(3)8(9)10/h1,4-5H2,2-3H3. The molecule has 10 heavy (non-hydrogen) atoms. The number of allylic oxidation sites excluding steroid dienone is 2. The SMILES string of the molecule is C=C(C)CCC(C)=C(F)F. The molecule has 0 aromatic carbocycles. The van der Waals surface area contributed by atoms with E-state index in [9.17, 15) is 8.78 Å². The maximum Gasteiger partial charge on any atom is 0.269 e. The van der Waals surface area contributed by atoms with E-state index in [1.165, 1.54) is 6.92 Å². The van der Waals surface area contributed by atoms with Crippen molar-refractivity contribution in [1.29, 1.82) is 0 Å². The summed E-state index contributed by atoms with van der Waals surface area (Å²) in [7, 11) is 0. The summed E-state index contributed by atoms with van der Waals surface area (Å²) >= 11 is 0. The van der Waals surface area contributed by atoms with Crippen LogP contribution >= 0.6 is 0 Å². The molecule has 0 fully saturated rings. The van der Waals surface area contributed by atoms with Gasteiger partial charge in [-0.3, -0.25) is 0 Å². The van der Waals surface area contributed by atoms with Crippen molar-refractivity contribution in [2.75, 3.05) is 0 Å². The lowest BCUT2D eigenvalue weighted by Crippen LogP contribution is -1.80. The highest BCUT2D eigenvalue weighted by atomic mass is 19.3. The van der Waals surface area contributed by atoms with E-state index in [0.29, 0.717) is 12.8 Å². The van der Waals surface area contributed by atoms with Crippen LogP contribution in [0.25, 0.3) is 0 Å². The number of hydrogen-bond donors (Lipinski definition) is 0. The first-order valence-electron chi connectivity index (χ1n) is 3.19. The van der Waals surface area contributed by atoms with Gasteiger partial charge in [0.2, 0.25) is 0 Å². The van der Waals surface area contributed by atoms with Gasteiger partial charge in [0.05, 0.1) is 0 Å². The number of hydrogen-bond acceptors (Lipinski definition) is 0. The van der Waals surface area contributed by atoms with Crippen molar-refractivity contribution in [1.82, 2.24) is 0 Å². The monoisotopic (exact) mass is 146 g/mol. The Balaban J connectivity index is 3.71. The van der Waals surface area contributed by atoms with E-state index in [1.807, 2.05) is 6.92 Å². The van der Waals surface area contributed by atoms with Crippen LogP contribution in [0.1, 0.15) is 26.7 Å². The van der Waals surface area contributed by atoms with Crippen LogP contribution in [0.3, 0.4) is 0 Å². The average Bonchev–Trinajstić information content (AvgIpc) is 1.82. The van der Waals surface area contributed by atoms with Gasteiger partial charge in [-0.25, -0.2) is 0 Å². The van der Waals surface area contributed by atoms with E-state index < -0.39 is 6.08 Å². The van der Waals surface area contributed by atoms with E-state index in [0.717, 1.165) is 5.57 Å². The van der Waals surface area contributed by atoms with Gasteiger partial charge >= 0.3 is 0 Å². The Labute approximate surface area is 60.2 Å². The second-order valence-electron chi connectivity index (χ2n) is 2.50. The van der Waals surface area contributed by atoms with Gasteiger partial charge in [0.1, 0.15) is 0 Å².